The first kappa shape index (κ1) is 20.1. The number of H-pyrrole nitrogens is 1. The number of hydrogen-bond acceptors (Lipinski definition) is 5. The first-order valence-corrected chi connectivity index (χ1v) is 9.29. The zero-order chi connectivity index (χ0) is 20.6. The van der Waals surface area contributed by atoms with Crippen molar-refractivity contribution in [2.75, 3.05) is 25.1 Å². The molecule has 0 atom stereocenters. The number of anilines is 1. The van der Waals surface area contributed by atoms with E-state index in [-0.39, 0.29) is 12.5 Å². The van der Waals surface area contributed by atoms with Crippen LogP contribution >= 0.6 is 0 Å². The van der Waals surface area contributed by atoms with Gasteiger partial charge in [0.25, 0.3) is 5.91 Å². The maximum Gasteiger partial charge on any atom is 0.406 e. The fourth-order valence-electron chi connectivity index (χ4n) is 2.92. The molecule has 29 heavy (non-hydrogen) atoms. The Labute approximate surface area is 168 Å². The number of nitrogens with one attached hydrogen (secondary N) is 2. The van der Waals surface area contributed by atoms with Crippen LogP contribution in [0.3, 0.4) is 0 Å². The predicted molar refractivity (Wildman–Crippen MR) is 111 cm³/mol. The highest BCUT2D eigenvalue weighted by Gasteiger charge is 2.16. The van der Waals surface area contributed by atoms with Gasteiger partial charge in [0.2, 0.25) is 0 Å². The average Bonchev–Trinajstić information content (AvgIpc) is 3.18. The van der Waals surface area contributed by atoms with E-state index in [2.05, 4.69) is 20.5 Å². The van der Waals surface area contributed by atoms with Crippen LogP contribution in [0.5, 0.6) is 0 Å². The van der Waals surface area contributed by atoms with Crippen molar-refractivity contribution >= 4 is 34.3 Å². The Kier molecular flexibility index (Phi) is 6.57. The van der Waals surface area contributed by atoms with E-state index < -0.39 is 6.09 Å². The molecule has 0 unspecified atom stereocenters. The molecule has 2 N–H and O–H groups in total. The van der Waals surface area contributed by atoms with Crippen molar-refractivity contribution in [2.24, 2.45) is 0 Å². The lowest BCUT2D eigenvalue weighted by Gasteiger charge is -2.21. The molecular formula is C21H23N5O3. The number of rotatable bonds is 7. The lowest BCUT2D eigenvalue weighted by molar-refractivity contribution is -0.114. The molecule has 8 nitrogen and oxygen atoms in total. The van der Waals surface area contributed by atoms with Gasteiger partial charge in [-0.1, -0.05) is 18.2 Å². The number of alkyl carbamates (subject to hydrolysis) is 1. The molecule has 0 saturated heterocycles. The fraction of sp³-hybridized carbons (Fsp3) is 0.238. The zero-order valence-electron chi connectivity index (χ0n) is 16.4. The number of allylic oxidation sites excluding steroid dienone is 1. The van der Waals surface area contributed by atoms with Gasteiger partial charge < -0.3 is 15.0 Å². The molecule has 8 heteroatoms. The zero-order valence-corrected chi connectivity index (χ0v) is 16.4. The van der Waals surface area contributed by atoms with Crippen molar-refractivity contribution in [3.8, 4) is 0 Å². The summed E-state index contributed by atoms with van der Waals surface area (Å²) < 4.78 is 5.02. The van der Waals surface area contributed by atoms with Crippen LogP contribution in [0, 0.1) is 0 Å². The number of aromatic amines is 1. The molecule has 1 aromatic carbocycles. The SMILES string of the molecule is CNC(=O)OCCCN(C(=O)/C=C(\C)c1[nH]nc2ncccc12)c1ccccc1. The maximum atomic E-state index is 13.0. The minimum absolute atomic E-state index is 0.166. The number of amides is 2. The van der Waals surface area contributed by atoms with Crippen molar-refractivity contribution in [1.82, 2.24) is 20.5 Å². The lowest BCUT2D eigenvalue weighted by Crippen LogP contribution is -2.31. The topological polar surface area (TPSA) is 100 Å². The Morgan fingerprint density at radius 2 is 2.00 bits per heavy atom. The Balaban J connectivity index is 1.78. The molecule has 0 aliphatic rings. The van der Waals surface area contributed by atoms with Gasteiger partial charge in [-0.2, -0.15) is 5.10 Å². The van der Waals surface area contributed by atoms with Gasteiger partial charge in [-0.05, 0) is 43.2 Å². The van der Waals surface area contributed by atoms with Gasteiger partial charge in [0.15, 0.2) is 5.65 Å². The van der Waals surface area contributed by atoms with Crippen molar-refractivity contribution in [2.45, 2.75) is 13.3 Å². The molecule has 0 saturated carbocycles. The normalized spacial score (nSPS) is 11.3. The van der Waals surface area contributed by atoms with Crippen LogP contribution in [0.1, 0.15) is 19.0 Å². The number of ether oxygens (including phenoxy) is 1. The second-order valence-electron chi connectivity index (χ2n) is 6.37. The lowest BCUT2D eigenvalue weighted by atomic mass is 10.1. The fourth-order valence-corrected chi connectivity index (χ4v) is 2.92. The van der Waals surface area contributed by atoms with Crippen LogP contribution in [0.4, 0.5) is 10.5 Å². The summed E-state index contributed by atoms with van der Waals surface area (Å²) in [6, 6.07) is 13.1. The summed E-state index contributed by atoms with van der Waals surface area (Å²) in [4.78, 5) is 30.1. The summed E-state index contributed by atoms with van der Waals surface area (Å²) in [5, 5.41) is 10.4. The third kappa shape index (κ3) is 4.98. The van der Waals surface area contributed by atoms with E-state index >= 15 is 0 Å². The Morgan fingerprint density at radius 1 is 1.21 bits per heavy atom. The molecule has 0 aliphatic heterocycles. The third-order valence-corrected chi connectivity index (χ3v) is 4.36. The van der Waals surface area contributed by atoms with Crippen molar-refractivity contribution in [1.29, 1.82) is 0 Å². The van der Waals surface area contributed by atoms with Gasteiger partial charge in [-0.15, -0.1) is 0 Å². The van der Waals surface area contributed by atoms with Gasteiger partial charge in [-0.3, -0.25) is 9.89 Å². The molecule has 3 aromatic rings. The van der Waals surface area contributed by atoms with Gasteiger partial charge in [0.1, 0.15) is 0 Å². The van der Waals surface area contributed by atoms with Crippen molar-refractivity contribution in [3.63, 3.8) is 0 Å². The minimum Gasteiger partial charge on any atom is -0.449 e. The molecule has 0 bridgehead atoms. The summed E-state index contributed by atoms with van der Waals surface area (Å²) in [7, 11) is 1.50. The molecule has 0 spiro atoms. The highest BCUT2D eigenvalue weighted by atomic mass is 16.5. The molecule has 3 rings (SSSR count). The summed E-state index contributed by atoms with van der Waals surface area (Å²) in [6.07, 6.45) is 3.28. The molecule has 0 aliphatic carbocycles. The minimum atomic E-state index is -0.488. The van der Waals surface area contributed by atoms with Gasteiger partial charge in [0, 0.05) is 36.9 Å². The van der Waals surface area contributed by atoms with Crippen LogP contribution < -0.4 is 10.2 Å². The molecular weight excluding hydrogens is 370 g/mol. The Bertz CT molecular complexity index is 1010. The largest absolute Gasteiger partial charge is 0.449 e. The third-order valence-electron chi connectivity index (χ3n) is 4.36. The molecule has 2 amide bonds. The summed E-state index contributed by atoms with van der Waals surface area (Å²) in [5.74, 6) is -0.166. The number of carbonyl (C=O) groups is 2. The van der Waals surface area contributed by atoms with E-state index in [0.29, 0.717) is 18.6 Å². The first-order valence-electron chi connectivity index (χ1n) is 9.29. The van der Waals surface area contributed by atoms with Gasteiger partial charge >= 0.3 is 6.09 Å². The van der Waals surface area contributed by atoms with Crippen molar-refractivity contribution in [3.05, 3.63) is 60.4 Å². The number of para-hydroxylation sites is 1. The summed E-state index contributed by atoms with van der Waals surface area (Å²) >= 11 is 0. The van der Waals surface area contributed by atoms with Gasteiger partial charge in [-0.25, -0.2) is 9.78 Å². The Morgan fingerprint density at radius 3 is 2.76 bits per heavy atom. The number of nitrogens with zero attached hydrogens (tertiary/aromatic N) is 3. The highest BCUT2D eigenvalue weighted by molar-refractivity contribution is 6.06. The number of carbonyl (C=O) groups excluding carboxylic acids is 2. The second kappa shape index (κ2) is 9.50. The summed E-state index contributed by atoms with van der Waals surface area (Å²) in [5.41, 5.74) is 2.90. The monoisotopic (exact) mass is 393 g/mol. The number of benzene rings is 1. The summed E-state index contributed by atoms with van der Waals surface area (Å²) in [6.45, 7) is 2.49. The van der Waals surface area contributed by atoms with Crippen LogP contribution in [0.2, 0.25) is 0 Å². The number of aromatic nitrogens is 3. The van der Waals surface area contributed by atoms with Crippen LogP contribution in [0.15, 0.2) is 54.7 Å². The number of hydrogen-bond donors (Lipinski definition) is 2. The van der Waals surface area contributed by atoms with Crippen LogP contribution in [-0.4, -0.2) is 47.4 Å². The van der Waals surface area contributed by atoms with Gasteiger partial charge in [0.05, 0.1) is 12.3 Å². The number of fused-ring (bicyclic) bond motifs is 1. The predicted octanol–water partition coefficient (Wildman–Crippen LogP) is 3.14. The first-order chi connectivity index (χ1) is 14.1. The molecule has 2 aromatic heterocycles. The van der Waals surface area contributed by atoms with Crippen LogP contribution in [-0.2, 0) is 9.53 Å². The Hall–Kier alpha value is -3.68. The number of pyridine rings is 1. The standard InChI is InChI=1S/C21H23N5O3/c1-15(19-17-10-6-11-23-20(17)25-24-19)14-18(27)26(16-8-4-3-5-9-16)12-7-13-29-21(28)22-2/h3-6,8-11,14H,7,12-13H2,1-2H3,(H,22,28)(H,23,24,25)/b15-14+. The van der Waals surface area contributed by atoms with Crippen LogP contribution in [0.25, 0.3) is 16.6 Å². The molecule has 0 fully saturated rings. The van der Waals surface area contributed by atoms with E-state index in [1.54, 1.807) is 17.2 Å². The molecule has 150 valence electrons. The van der Waals surface area contributed by atoms with Crippen molar-refractivity contribution < 1.29 is 14.3 Å². The van der Waals surface area contributed by atoms with E-state index in [4.69, 9.17) is 4.74 Å². The molecule has 0 radical (unpaired) electrons. The van der Waals surface area contributed by atoms with E-state index in [1.165, 1.54) is 7.05 Å². The highest BCUT2D eigenvalue weighted by Crippen LogP contribution is 2.22. The average molecular weight is 393 g/mol. The van der Waals surface area contributed by atoms with E-state index in [9.17, 15) is 9.59 Å². The van der Waals surface area contributed by atoms with E-state index in [0.717, 1.165) is 22.3 Å². The quantitative estimate of drug-likeness (QED) is 0.474. The molecule has 2 heterocycles. The maximum absolute atomic E-state index is 13.0. The van der Waals surface area contributed by atoms with E-state index in [1.807, 2.05) is 49.4 Å². The smallest absolute Gasteiger partial charge is 0.406 e. The second-order valence-corrected chi connectivity index (χ2v) is 6.37.